The van der Waals surface area contributed by atoms with Gasteiger partial charge in [0.25, 0.3) is 5.91 Å². The summed E-state index contributed by atoms with van der Waals surface area (Å²) in [4.78, 5) is 35.0. The van der Waals surface area contributed by atoms with Crippen LogP contribution in [0.5, 0.6) is 5.75 Å². The van der Waals surface area contributed by atoms with Crippen molar-refractivity contribution in [1.29, 1.82) is 0 Å². The molecule has 8 nitrogen and oxygen atoms in total. The minimum Gasteiger partial charge on any atom is -0.488 e. The van der Waals surface area contributed by atoms with Crippen LogP contribution in [-0.2, 0) is 9.53 Å². The van der Waals surface area contributed by atoms with Gasteiger partial charge < -0.3 is 19.7 Å². The Bertz CT molecular complexity index is 757. The van der Waals surface area contributed by atoms with E-state index in [1.807, 2.05) is 30.3 Å². The number of carbonyl (C=O) groups is 2. The van der Waals surface area contributed by atoms with Crippen LogP contribution in [0.15, 0.2) is 48.9 Å². The van der Waals surface area contributed by atoms with Crippen molar-refractivity contribution < 1.29 is 19.1 Å². The van der Waals surface area contributed by atoms with Gasteiger partial charge in [0.05, 0.1) is 19.3 Å². The van der Waals surface area contributed by atoms with E-state index in [0.29, 0.717) is 31.9 Å². The zero-order valence-corrected chi connectivity index (χ0v) is 15.1. The van der Waals surface area contributed by atoms with E-state index in [1.165, 1.54) is 23.5 Å². The number of carbonyl (C=O) groups excluding carboxylic acids is 2. The van der Waals surface area contributed by atoms with E-state index in [1.54, 1.807) is 7.11 Å². The van der Waals surface area contributed by atoms with Gasteiger partial charge in [0, 0.05) is 32.5 Å². The molecule has 2 amide bonds. The molecule has 1 aromatic heterocycles. The molecule has 3 rings (SSSR count). The van der Waals surface area contributed by atoms with Crippen molar-refractivity contribution in [3.8, 4) is 5.75 Å². The van der Waals surface area contributed by atoms with E-state index < -0.39 is 6.04 Å². The molecule has 1 fully saturated rings. The molecule has 2 atom stereocenters. The molecule has 0 saturated carbocycles. The first-order valence-electron chi connectivity index (χ1n) is 8.74. The highest BCUT2D eigenvalue weighted by molar-refractivity contribution is 5.96. The molecule has 2 aromatic rings. The summed E-state index contributed by atoms with van der Waals surface area (Å²) in [5.41, 5.74) is 0.201. The van der Waals surface area contributed by atoms with Crippen LogP contribution in [0.4, 0.5) is 0 Å². The van der Waals surface area contributed by atoms with Gasteiger partial charge in [-0.3, -0.25) is 14.6 Å². The number of nitrogens with zero attached hydrogens (tertiary/aromatic N) is 3. The molecule has 1 saturated heterocycles. The lowest BCUT2D eigenvalue weighted by Gasteiger charge is -2.23. The molecule has 0 spiro atoms. The first-order chi connectivity index (χ1) is 13.2. The first kappa shape index (κ1) is 18.8. The molecule has 0 radical (unpaired) electrons. The Hall–Kier alpha value is -3.00. The third-order valence-electron chi connectivity index (χ3n) is 4.26. The summed E-state index contributed by atoms with van der Waals surface area (Å²) in [6.07, 6.45) is 4.46. The number of ether oxygens (including phenoxy) is 2. The highest BCUT2D eigenvalue weighted by Gasteiger charge is 2.41. The third-order valence-corrected chi connectivity index (χ3v) is 4.26. The van der Waals surface area contributed by atoms with Gasteiger partial charge >= 0.3 is 0 Å². The Morgan fingerprint density at radius 3 is 2.78 bits per heavy atom. The van der Waals surface area contributed by atoms with Gasteiger partial charge in [0.2, 0.25) is 5.91 Å². The number of methoxy groups -OCH3 is 1. The highest BCUT2D eigenvalue weighted by atomic mass is 16.5. The number of para-hydroxylation sites is 1. The van der Waals surface area contributed by atoms with E-state index in [2.05, 4.69) is 15.3 Å². The molecule has 27 heavy (non-hydrogen) atoms. The van der Waals surface area contributed by atoms with E-state index in [0.717, 1.165) is 0 Å². The van der Waals surface area contributed by atoms with E-state index in [-0.39, 0.29) is 23.6 Å². The van der Waals surface area contributed by atoms with Gasteiger partial charge in [-0.15, -0.1) is 0 Å². The van der Waals surface area contributed by atoms with Gasteiger partial charge in [0.15, 0.2) is 0 Å². The van der Waals surface area contributed by atoms with E-state index in [9.17, 15) is 9.59 Å². The number of nitrogens with one attached hydrogen (secondary N) is 1. The number of hydrogen-bond donors (Lipinski definition) is 1. The normalized spacial score (nSPS) is 18.9. The number of rotatable bonds is 7. The Labute approximate surface area is 157 Å². The van der Waals surface area contributed by atoms with Crippen molar-refractivity contribution in [3.05, 3.63) is 54.6 Å². The summed E-state index contributed by atoms with van der Waals surface area (Å²) < 4.78 is 10.9. The van der Waals surface area contributed by atoms with Crippen LogP contribution in [0.1, 0.15) is 16.9 Å². The van der Waals surface area contributed by atoms with Crippen LogP contribution in [0.25, 0.3) is 0 Å². The first-order valence-corrected chi connectivity index (χ1v) is 8.74. The van der Waals surface area contributed by atoms with Gasteiger partial charge in [0.1, 0.15) is 23.6 Å². The second kappa shape index (κ2) is 9.09. The number of amides is 2. The third kappa shape index (κ3) is 4.79. The maximum atomic E-state index is 12.9. The smallest absolute Gasteiger partial charge is 0.274 e. The molecule has 1 N–H and O–H groups in total. The lowest BCUT2D eigenvalue weighted by Crippen LogP contribution is -2.46. The van der Waals surface area contributed by atoms with Crippen LogP contribution < -0.4 is 10.1 Å². The predicted molar refractivity (Wildman–Crippen MR) is 97.2 cm³/mol. The highest BCUT2D eigenvalue weighted by Crippen LogP contribution is 2.24. The van der Waals surface area contributed by atoms with Crippen molar-refractivity contribution in [2.45, 2.75) is 18.6 Å². The van der Waals surface area contributed by atoms with Crippen LogP contribution in [0.3, 0.4) is 0 Å². The fourth-order valence-electron chi connectivity index (χ4n) is 3.00. The largest absolute Gasteiger partial charge is 0.488 e. The van der Waals surface area contributed by atoms with Gasteiger partial charge in [-0.25, -0.2) is 4.98 Å². The fraction of sp³-hybridized carbons (Fsp3) is 0.368. The summed E-state index contributed by atoms with van der Waals surface area (Å²) in [6, 6.07) is 8.72. The van der Waals surface area contributed by atoms with E-state index in [4.69, 9.17) is 9.47 Å². The molecule has 1 aliphatic heterocycles. The SMILES string of the molecule is COCCNC(=O)[C@@H]1C[C@H](Oc2ccccc2)CN1C(=O)c1cnccn1. The number of likely N-dealkylation sites (tertiary alicyclic amines) is 1. The number of benzene rings is 1. The minimum absolute atomic E-state index is 0.201. The standard InChI is InChI=1S/C19H22N4O4/c1-26-10-9-22-18(24)17-11-15(27-14-5-3-2-4-6-14)13-23(17)19(25)16-12-20-7-8-21-16/h2-8,12,15,17H,9-11,13H2,1H3,(H,22,24)/t15-,17-/m0/s1. The second-order valence-corrected chi connectivity index (χ2v) is 6.14. The number of aromatic nitrogens is 2. The van der Waals surface area contributed by atoms with Crippen molar-refractivity contribution in [1.82, 2.24) is 20.2 Å². The van der Waals surface area contributed by atoms with Crippen molar-refractivity contribution in [2.24, 2.45) is 0 Å². The average molecular weight is 370 g/mol. The maximum Gasteiger partial charge on any atom is 0.274 e. The zero-order chi connectivity index (χ0) is 19.1. The van der Waals surface area contributed by atoms with Gasteiger partial charge in [-0.2, -0.15) is 0 Å². The maximum absolute atomic E-state index is 12.9. The van der Waals surface area contributed by atoms with Crippen molar-refractivity contribution in [2.75, 3.05) is 26.8 Å². The van der Waals surface area contributed by atoms with Gasteiger partial charge in [-0.05, 0) is 12.1 Å². The number of hydrogen-bond acceptors (Lipinski definition) is 6. The van der Waals surface area contributed by atoms with Crippen LogP contribution in [0.2, 0.25) is 0 Å². The molecular formula is C19H22N4O4. The van der Waals surface area contributed by atoms with Gasteiger partial charge in [-0.1, -0.05) is 18.2 Å². The fourth-order valence-corrected chi connectivity index (χ4v) is 3.00. The molecule has 1 aromatic carbocycles. The zero-order valence-electron chi connectivity index (χ0n) is 15.1. The predicted octanol–water partition coefficient (Wildman–Crippen LogP) is 0.901. The Morgan fingerprint density at radius 1 is 1.26 bits per heavy atom. The van der Waals surface area contributed by atoms with Crippen molar-refractivity contribution >= 4 is 11.8 Å². The second-order valence-electron chi connectivity index (χ2n) is 6.14. The topological polar surface area (TPSA) is 93.7 Å². The molecule has 0 aliphatic carbocycles. The molecule has 8 heteroatoms. The van der Waals surface area contributed by atoms with Crippen LogP contribution in [0, 0.1) is 0 Å². The van der Waals surface area contributed by atoms with E-state index >= 15 is 0 Å². The summed E-state index contributed by atoms with van der Waals surface area (Å²) in [5.74, 6) is 0.132. The Kier molecular flexibility index (Phi) is 6.32. The monoisotopic (exact) mass is 370 g/mol. The summed E-state index contributed by atoms with van der Waals surface area (Å²) in [6.45, 7) is 1.08. The molecule has 0 bridgehead atoms. The van der Waals surface area contributed by atoms with Crippen LogP contribution in [-0.4, -0.2) is 65.6 Å². The lowest BCUT2D eigenvalue weighted by atomic mass is 10.1. The van der Waals surface area contributed by atoms with Crippen molar-refractivity contribution in [3.63, 3.8) is 0 Å². The molecule has 142 valence electrons. The Morgan fingerprint density at radius 2 is 2.07 bits per heavy atom. The Balaban J connectivity index is 1.74. The molecular weight excluding hydrogens is 348 g/mol. The summed E-state index contributed by atoms with van der Waals surface area (Å²) >= 11 is 0. The molecule has 2 heterocycles. The quantitative estimate of drug-likeness (QED) is 0.728. The molecule has 0 unspecified atom stereocenters. The molecule has 1 aliphatic rings. The van der Waals surface area contributed by atoms with Crippen LogP contribution >= 0.6 is 0 Å². The minimum atomic E-state index is -0.634. The average Bonchev–Trinajstić information content (AvgIpc) is 3.13. The summed E-state index contributed by atoms with van der Waals surface area (Å²) in [7, 11) is 1.56. The summed E-state index contributed by atoms with van der Waals surface area (Å²) in [5, 5.41) is 2.80. The lowest BCUT2D eigenvalue weighted by molar-refractivity contribution is -0.125.